The van der Waals surface area contributed by atoms with Gasteiger partial charge >= 0.3 is 0 Å². The zero-order valence-electron chi connectivity index (χ0n) is 10.7. The maximum atomic E-state index is 11.5. The van der Waals surface area contributed by atoms with Gasteiger partial charge in [0.2, 0.25) is 11.8 Å². The number of hydrogen-bond acceptors (Lipinski definition) is 3. The average Bonchev–Trinajstić information content (AvgIpc) is 2.37. The van der Waals surface area contributed by atoms with Gasteiger partial charge in [-0.3, -0.25) is 9.59 Å². The minimum atomic E-state index is -0.0890. The van der Waals surface area contributed by atoms with Gasteiger partial charge < -0.3 is 10.2 Å². The number of nitriles is 1. The first-order chi connectivity index (χ1) is 8.67. The maximum absolute atomic E-state index is 11.5. The lowest BCUT2D eigenvalue weighted by atomic mass is 9.96. The van der Waals surface area contributed by atoms with Crippen LogP contribution in [0.5, 0.6) is 0 Å². The Morgan fingerprint density at radius 3 is 2.67 bits per heavy atom. The fourth-order valence-corrected chi connectivity index (χ4v) is 2.02. The van der Waals surface area contributed by atoms with Crippen LogP contribution in [-0.4, -0.2) is 36.3 Å². The molecule has 1 rings (SSSR count). The van der Waals surface area contributed by atoms with E-state index < -0.39 is 0 Å². The monoisotopic (exact) mass is 249 g/mol. The number of likely N-dealkylation sites (tertiary alicyclic amines) is 1. The number of nitrogens with one attached hydrogen (secondary N) is 1. The summed E-state index contributed by atoms with van der Waals surface area (Å²) in [5.41, 5.74) is 0. The molecule has 0 aliphatic carbocycles. The Hall–Kier alpha value is -1.83. The first kappa shape index (κ1) is 14.2. The molecule has 0 radical (unpaired) electrons. The van der Waals surface area contributed by atoms with Crippen LogP contribution in [0, 0.1) is 17.2 Å². The molecular weight excluding hydrogens is 230 g/mol. The van der Waals surface area contributed by atoms with Crippen molar-refractivity contribution in [3.8, 4) is 6.07 Å². The first-order valence-corrected chi connectivity index (χ1v) is 6.22. The second-order valence-electron chi connectivity index (χ2n) is 4.40. The maximum Gasteiger partial charge on any atom is 0.243 e. The third-order valence-electron chi connectivity index (χ3n) is 3.08. The minimum Gasteiger partial charge on any atom is -0.352 e. The summed E-state index contributed by atoms with van der Waals surface area (Å²) in [4.78, 5) is 24.5. The predicted molar refractivity (Wildman–Crippen MR) is 67.4 cm³/mol. The minimum absolute atomic E-state index is 0.0390. The molecule has 98 valence electrons. The van der Waals surface area contributed by atoms with Crippen molar-refractivity contribution in [1.29, 1.82) is 5.26 Å². The van der Waals surface area contributed by atoms with Crippen molar-refractivity contribution in [1.82, 2.24) is 10.2 Å². The quantitative estimate of drug-likeness (QED) is 0.750. The Labute approximate surface area is 107 Å². The molecule has 1 N–H and O–H groups in total. The van der Waals surface area contributed by atoms with E-state index in [-0.39, 0.29) is 18.2 Å². The standard InChI is InChI=1S/C13H19N3O2/c1-2-3-12(17)15-10-11-5-8-16(9-6-11)13(18)4-7-14/h2-3,11H,4-6,8-10H2,1H3,(H,15,17)/b3-2+. The number of amides is 2. The van der Waals surface area contributed by atoms with E-state index >= 15 is 0 Å². The van der Waals surface area contributed by atoms with Gasteiger partial charge in [-0.05, 0) is 31.8 Å². The van der Waals surface area contributed by atoms with E-state index in [0.29, 0.717) is 25.6 Å². The van der Waals surface area contributed by atoms with Crippen molar-refractivity contribution in [3.05, 3.63) is 12.2 Å². The van der Waals surface area contributed by atoms with Crippen LogP contribution in [0.1, 0.15) is 26.2 Å². The van der Waals surface area contributed by atoms with Gasteiger partial charge in [0.15, 0.2) is 0 Å². The van der Waals surface area contributed by atoms with Crippen molar-refractivity contribution in [3.63, 3.8) is 0 Å². The molecule has 1 aliphatic heterocycles. The summed E-state index contributed by atoms with van der Waals surface area (Å²) in [5, 5.41) is 11.3. The highest BCUT2D eigenvalue weighted by atomic mass is 16.2. The van der Waals surface area contributed by atoms with Gasteiger partial charge in [-0.15, -0.1) is 0 Å². The normalized spacial score (nSPS) is 16.6. The van der Waals surface area contributed by atoms with E-state index in [1.54, 1.807) is 17.9 Å². The molecule has 0 aromatic carbocycles. The third-order valence-corrected chi connectivity index (χ3v) is 3.08. The molecule has 5 nitrogen and oxygen atoms in total. The predicted octanol–water partition coefficient (Wildman–Crippen LogP) is 0.831. The molecule has 0 bridgehead atoms. The summed E-state index contributed by atoms with van der Waals surface area (Å²) in [6, 6.07) is 1.87. The number of carbonyl (C=O) groups is 2. The number of piperidine rings is 1. The molecule has 1 heterocycles. The van der Waals surface area contributed by atoms with Crippen LogP contribution in [0.15, 0.2) is 12.2 Å². The van der Waals surface area contributed by atoms with Gasteiger partial charge in [-0.1, -0.05) is 6.08 Å². The van der Waals surface area contributed by atoms with Crippen molar-refractivity contribution < 1.29 is 9.59 Å². The molecular formula is C13H19N3O2. The molecule has 2 amide bonds. The molecule has 0 atom stereocenters. The van der Waals surface area contributed by atoms with E-state index in [0.717, 1.165) is 12.8 Å². The van der Waals surface area contributed by atoms with Gasteiger partial charge in [0, 0.05) is 19.6 Å². The molecule has 1 aliphatic rings. The van der Waals surface area contributed by atoms with Gasteiger partial charge in [-0.25, -0.2) is 0 Å². The van der Waals surface area contributed by atoms with Crippen LogP contribution in [0.25, 0.3) is 0 Å². The van der Waals surface area contributed by atoms with Gasteiger partial charge in [-0.2, -0.15) is 5.26 Å². The van der Waals surface area contributed by atoms with Crippen LogP contribution in [0.2, 0.25) is 0 Å². The molecule has 18 heavy (non-hydrogen) atoms. The Kier molecular flexibility index (Phi) is 5.92. The van der Waals surface area contributed by atoms with Crippen molar-refractivity contribution in [2.45, 2.75) is 26.2 Å². The lowest BCUT2D eigenvalue weighted by Crippen LogP contribution is -2.41. The number of allylic oxidation sites excluding steroid dienone is 1. The third kappa shape index (κ3) is 4.58. The van der Waals surface area contributed by atoms with E-state index in [9.17, 15) is 9.59 Å². The summed E-state index contributed by atoms with van der Waals surface area (Å²) >= 11 is 0. The summed E-state index contributed by atoms with van der Waals surface area (Å²) in [7, 11) is 0. The van der Waals surface area contributed by atoms with Crippen molar-refractivity contribution in [2.75, 3.05) is 19.6 Å². The van der Waals surface area contributed by atoms with Gasteiger partial charge in [0.05, 0.1) is 6.07 Å². The zero-order valence-corrected chi connectivity index (χ0v) is 10.7. The summed E-state index contributed by atoms with van der Waals surface area (Å²) < 4.78 is 0. The second kappa shape index (κ2) is 7.49. The fraction of sp³-hybridized carbons (Fsp3) is 0.615. The lowest BCUT2D eigenvalue weighted by Gasteiger charge is -2.31. The molecule has 1 fully saturated rings. The Morgan fingerprint density at radius 1 is 1.44 bits per heavy atom. The van der Waals surface area contributed by atoms with E-state index in [4.69, 9.17) is 5.26 Å². The van der Waals surface area contributed by atoms with Crippen LogP contribution in [0.3, 0.4) is 0 Å². The molecule has 0 aromatic rings. The van der Waals surface area contributed by atoms with Gasteiger partial charge in [0.25, 0.3) is 0 Å². The van der Waals surface area contributed by atoms with Crippen LogP contribution < -0.4 is 5.32 Å². The van der Waals surface area contributed by atoms with Gasteiger partial charge in [0.1, 0.15) is 6.42 Å². The lowest BCUT2D eigenvalue weighted by molar-refractivity contribution is -0.131. The summed E-state index contributed by atoms with van der Waals surface area (Å²) in [5.74, 6) is 0.264. The van der Waals surface area contributed by atoms with E-state index in [2.05, 4.69) is 5.32 Å². The topological polar surface area (TPSA) is 73.2 Å². The molecule has 0 aromatic heterocycles. The first-order valence-electron chi connectivity index (χ1n) is 6.22. The number of nitrogens with zero attached hydrogens (tertiary/aromatic N) is 2. The van der Waals surface area contributed by atoms with E-state index in [1.807, 2.05) is 6.07 Å². The number of hydrogen-bond donors (Lipinski definition) is 1. The molecule has 5 heteroatoms. The average molecular weight is 249 g/mol. The Bertz CT molecular complexity index is 363. The largest absolute Gasteiger partial charge is 0.352 e. The number of carbonyl (C=O) groups excluding carboxylic acids is 2. The Balaban J connectivity index is 2.25. The fourth-order valence-electron chi connectivity index (χ4n) is 2.02. The highest BCUT2D eigenvalue weighted by molar-refractivity contribution is 5.87. The summed E-state index contributed by atoms with van der Waals surface area (Å²) in [6.45, 7) is 3.83. The Morgan fingerprint density at radius 2 is 2.11 bits per heavy atom. The summed E-state index contributed by atoms with van der Waals surface area (Å²) in [6.07, 6.45) is 4.94. The molecule has 1 saturated heterocycles. The smallest absolute Gasteiger partial charge is 0.243 e. The van der Waals surface area contributed by atoms with Crippen LogP contribution >= 0.6 is 0 Å². The molecule has 0 unspecified atom stereocenters. The SMILES string of the molecule is C/C=C/C(=O)NCC1CCN(C(=O)CC#N)CC1. The highest BCUT2D eigenvalue weighted by Crippen LogP contribution is 2.16. The molecule has 0 saturated carbocycles. The zero-order chi connectivity index (χ0) is 13.4. The van der Waals surface area contributed by atoms with Crippen LogP contribution in [0.4, 0.5) is 0 Å². The van der Waals surface area contributed by atoms with Crippen molar-refractivity contribution >= 4 is 11.8 Å². The van der Waals surface area contributed by atoms with Crippen LogP contribution in [-0.2, 0) is 9.59 Å². The number of rotatable bonds is 4. The van der Waals surface area contributed by atoms with E-state index in [1.165, 1.54) is 6.08 Å². The molecule has 0 spiro atoms. The highest BCUT2D eigenvalue weighted by Gasteiger charge is 2.22. The second-order valence-corrected chi connectivity index (χ2v) is 4.40. The van der Waals surface area contributed by atoms with Crippen molar-refractivity contribution in [2.24, 2.45) is 5.92 Å².